The number of aromatic nitrogens is 1. The number of amides is 2. The highest BCUT2D eigenvalue weighted by Gasteiger charge is 2.22. The molecule has 0 aromatic carbocycles. The van der Waals surface area contributed by atoms with Crippen LogP contribution < -0.4 is 10.2 Å². The first-order valence-electron chi connectivity index (χ1n) is 8.55. The second-order valence-electron chi connectivity index (χ2n) is 6.51. The van der Waals surface area contributed by atoms with Crippen molar-refractivity contribution >= 4 is 17.6 Å². The number of rotatable bonds is 5. The summed E-state index contributed by atoms with van der Waals surface area (Å²) in [7, 11) is 2.13. The van der Waals surface area contributed by atoms with Crippen molar-refractivity contribution < 1.29 is 9.59 Å². The van der Waals surface area contributed by atoms with Crippen LogP contribution in [0.25, 0.3) is 0 Å². The molecule has 7 heteroatoms. The highest BCUT2D eigenvalue weighted by molar-refractivity contribution is 5.85. The van der Waals surface area contributed by atoms with E-state index in [2.05, 4.69) is 27.1 Å². The smallest absolute Gasteiger partial charge is 0.239 e. The lowest BCUT2D eigenvalue weighted by molar-refractivity contribution is -0.133. The van der Waals surface area contributed by atoms with E-state index in [4.69, 9.17) is 0 Å². The Kier molecular flexibility index (Phi) is 5.30. The largest absolute Gasteiger partial charge is 0.354 e. The fraction of sp³-hybridized carbons (Fsp3) is 0.588. The lowest BCUT2D eigenvalue weighted by Gasteiger charge is -2.33. The van der Waals surface area contributed by atoms with Gasteiger partial charge in [-0.15, -0.1) is 0 Å². The molecule has 0 unspecified atom stereocenters. The summed E-state index contributed by atoms with van der Waals surface area (Å²) in [6.45, 7) is 5.37. The molecule has 0 bridgehead atoms. The number of likely N-dealkylation sites (tertiary alicyclic amines) is 1. The van der Waals surface area contributed by atoms with Crippen LogP contribution in [-0.4, -0.2) is 72.9 Å². The molecule has 1 N–H and O–H groups in total. The molecule has 2 fully saturated rings. The Morgan fingerprint density at radius 1 is 1.21 bits per heavy atom. The van der Waals surface area contributed by atoms with Gasteiger partial charge in [-0.1, -0.05) is 6.07 Å². The summed E-state index contributed by atoms with van der Waals surface area (Å²) < 4.78 is 0. The van der Waals surface area contributed by atoms with Gasteiger partial charge in [-0.05, 0) is 25.1 Å². The van der Waals surface area contributed by atoms with E-state index in [1.165, 1.54) is 0 Å². The normalized spacial score (nSPS) is 19.0. The van der Waals surface area contributed by atoms with Gasteiger partial charge in [-0.25, -0.2) is 4.98 Å². The fourth-order valence-corrected chi connectivity index (χ4v) is 3.04. The van der Waals surface area contributed by atoms with Crippen LogP contribution in [0.3, 0.4) is 0 Å². The maximum absolute atomic E-state index is 11.9. The van der Waals surface area contributed by atoms with Crippen molar-refractivity contribution in [2.45, 2.75) is 19.4 Å². The second-order valence-corrected chi connectivity index (χ2v) is 6.51. The number of hydrogen-bond acceptors (Lipinski definition) is 5. The second kappa shape index (κ2) is 7.61. The molecule has 1 aromatic rings. The van der Waals surface area contributed by atoms with Crippen molar-refractivity contribution in [3.63, 3.8) is 0 Å². The van der Waals surface area contributed by atoms with Gasteiger partial charge in [0.05, 0.1) is 6.54 Å². The molecule has 7 nitrogen and oxygen atoms in total. The van der Waals surface area contributed by atoms with Crippen LogP contribution in [0, 0.1) is 0 Å². The Morgan fingerprint density at radius 2 is 2.00 bits per heavy atom. The SMILES string of the molecule is CN1CCN(c2ccc(CNC(=O)CN3CCCC3=O)cn2)CC1. The van der Waals surface area contributed by atoms with Crippen LogP contribution in [0.15, 0.2) is 18.3 Å². The molecule has 0 spiro atoms. The van der Waals surface area contributed by atoms with Crippen molar-refractivity contribution in [2.24, 2.45) is 0 Å². The number of likely N-dealkylation sites (N-methyl/N-ethyl adjacent to an activating group) is 1. The van der Waals surface area contributed by atoms with E-state index in [1.54, 1.807) is 4.90 Å². The number of pyridine rings is 1. The van der Waals surface area contributed by atoms with Crippen molar-refractivity contribution in [2.75, 3.05) is 51.2 Å². The molecule has 0 atom stereocenters. The van der Waals surface area contributed by atoms with Crippen LogP contribution in [0.4, 0.5) is 5.82 Å². The summed E-state index contributed by atoms with van der Waals surface area (Å²) in [6.07, 6.45) is 3.23. The summed E-state index contributed by atoms with van der Waals surface area (Å²) in [4.78, 5) is 34.2. The Morgan fingerprint density at radius 3 is 2.62 bits per heavy atom. The van der Waals surface area contributed by atoms with Crippen molar-refractivity contribution in [1.82, 2.24) is 20.1 Å². The monoisotopic (exact) mass is 331 g/mol. The molecule has 1 aromatic heterocycles. The Labute approximate surface area is 142 Å². The van der Waals surface area contributed by atoms with Crippen molar-refractivity contribution in [3.05, 3.63) is 23.9 Å². The van der Waals surface area contributed by atoms with Gasteiger partial charge in [0.1, 0.15) is 5.82 Å². The molecule has 2 aliphatic heterocycles. The minimum atomic E-state index is -0.117. The zero-order valence-electron chi connectivity index (χ0n) is 14.2. The first kappa shape index (κ1) is 16.7. The Bertz CT molecular complexity index is 581. The topological polar surface area (TPSA) is 68.8 Å². The van der Waals surface area contributed by atoms with E-state index < -0.39 is 0 Å². The van der Waals surface area contributed by atoms with Gasteiger partial charge in [0.15, 0.2) is 0 Å². The number of carbonyl (C=O) groups excluding carboxylic acids is 2. The Hall–Kier alpha value is -2.15. The third-order valence-corrected chi connectivity index (χ3v) is 4.63. The van der Waals surface area contributed by atoms with E-state index >= 15 is 0 Å². The molecule has 2 amide bonds. The fourth-order valence-electron chi connectivity index (χ4n) is 3.04. The summed E-state index contributed by atoms with van der Waals surface area (Å²) in [5, 5.41) is 2.86. The first-order valence-corrected chi connectivity index (χ1v) is 8.55. The number of carbonyl (C=O) groups is 2. The Balaban J connectivity index is 1.45. The molecule has 130 valence electrons. The molecule has 24 heavy (non-hydrogen) atoms. The van der Waals surface area contributed by atoms with E-state index in [-0.39, 0.29) is 18.4 Å². The molecule has 2 saturated heterocycles. The maximum Gasteiger partial charge on any atom is 0.239 e. The average molecular weight is 331 g/mol. The van der Waals surface area contributed by atoms with Gasteiger partial charge >= 0.3 is 0 Å². The number of hydrogen-bond donors (Lipinski definition) is 1. The van der Waals surface area contributed by atoms with Crippen molar-refractivity contribution in [1.29, 1.82) is 0 Å². The van der Waals surface area contributed by atoms with Gasteiger partial charge in [-0.2, -0.15) is 0 Å². The third-order valence-electron chi connectivity index (χ3n) is 4.63. The highest BCUT2D eigenvalue weighted by Crippen LogP contribution is 2.13. The lowest BCUT2D eigenvalue weighted by Crippen LogP contribution is -2.44. The summed E-state index contributed by atoms with van der Waals surface area (Å²) in [5.74, 6) is 0.942. The molecular weight excluding hydrogens is 306 g/mol. The number of nitrogens with zero attached hydrogens (tertiary/aromatic N) is 4. The zero-order chi connectivity index (χ0) is 16.9. The van der Waals surface area contributed by atoms with Gasteiger partial charge in [0.25, 0.3) is 0 Å². The summed E-state index contributed by atoms with van der Waals surface area (Å²) in [5.41, 5.74) is 0.967. The van der Waals surface area contributed by atoms with E-state index in [0.717, 1.165) is 44.0 Å². The summed E-state index contributed by atoms with van der Waals surface area (Å²) in [6, 6.07) is 4.01. The molecule has 0 aliphatic carbocycles. The summed E-state index contributed by atoms with van der Waals surface area (Å²) >= 11 is 0. The molecule has 2 aliphatic rings. The van der Waals surface area contributed by atoms with E-state index in [1.807, 2.05) is 18.3 Å². The van der Waals surface area contributed by atoms with Crippen LogP contribution in [0.2, 0.25) is 0 Å². The molecular formula is C17H25N5O2. The molecule has 0 radical (unpaired) electrons. The molecule has 3 heterocycles. The quantitative estimate of drug-likeness (QED) is 0.827. The minimum absolute atomic E-state index is 0.0725. The average Bonchev–Trinajstić information content (AvgIpc) is 2.99. The lowest BCUT2D eigenvalue weighted by atomic mass is 10.2. The third kappa shape index (κ3) is 4.23. The van der Waals surface area contributed by atoms with Crippen LogP contribution >= 0.6 is 0 Å². The van der Waals surface area contributed by atoms with Gasteiger partial charge in [-0.3, -0.25) is 9.59 Å². The minimum Gasteiger partial charge on any atom is -0.354 e. The highest BCUT2D eigenvalue weighted by atomic mass is 16.2. The standard InChI is InChI=1S/C17H25N5O2/c1-20-7-9-21(10-8-20)15-5-4-14(11-18-15)12-19-16(23)13-22-6-2-3-17(22)24/h4-5,11H,2-3,6-10,12-13H2,1H3,(H,19,23). The van der Waals surface area contributed by atoms with Crippen LogP contribution in [-0.2, 0) is 16.1 Å². The predicted octanol–water partition coefficient (Wildman–Crippen LogP) is 0.0720. The van der Waals surface area contributed by atoms with E-state index in [0.29, 0.717) is 19.5 Å². The van der Waals surface area contributed by atoms with Gasteiger partial charge in [0, 0.05) is 51.9 Å². The van der Waals surface area contributed by atoms with E-state index in [9.17, 15) is 9.59 Å². The molecule has 3 rings (SSSR count). The maximum atomic E-state index is 11.9. The van der Waals surface area contributed by atoms with Crippen molar-refractivity contribution in [3.8, 4) is 0 Å². The zero-order valence-corrected chi connectivity index (χ0v) is 14.2. The number of nitrogens with one attached hydrogen (secondary N) is 1. The molecule has 0 saturated carbocycles. The van der Waals surface area contributed by atoms with Crippen LogP contribution in [0.5, 0.6) is 0 Å². The number of anilines is 1. The van der Waals surface area contributed by atoms with Gasteiger partial charge in [0.2, 0.25) is 11.8 Å². The number of piperazine rings is 1. The first-order chi connectivity index (χ1) is 11.6. The predicted molar refractivity (Wildman–Crippen MR) is 91.6 cm³/mol. The van der Waals surface area contributed by atoms with Crippen LogP contribution in [0.1, 0.15) is 18.4 Å². The van der Waals surface area contributed by atoms with Gasteiger partial charge < -0.3 is 20.0 Å².